The molecule has 1 N–H and O–H groups in total. The molecule has 4 rings (SSSR count). The van der Waals surface area contributed by atoms with Crippen molar-refractivity contribution in [2.45, 2.75) is 0 Å². The van der Waals surface area contributed by atoms with Gasteiger partial charge in [0, 0.05) is 36.3 Å². The molecule has 4 aromatic rings. The summed E-state index contributed by atoms with van der Waals surface area (Å²) >= 11 is 0. The molecule has 0 atom stereocenters. The molecule has 2 heterocycles. The Labute approximate surface area is 185 Å². The molecule has 33 heavy (non-hydrogen) atoms. The van der Waals surface area contributed by atoms with Gasteiger partial charge in [-0.1, -0.05) is 0 Å². The highest BCUT2D eigenvalue weighted by Crippen LogP contribution is 2.25. The van der Waals surface area contributed by atoms with Crippen molar-refractivity contribution in [3.63, 3.8) is 0 Å². The third-order valence-corrected chi connectivity index (χ3v) is 4.42. The monoisotopic (exact) mass is 446 g/mol. The number of ether oxygens (including phenoxy) is 1. The molecule has 0 aliphatic carbocycles. The Kier molecular flexibility index (Phi) is 5.72. The normalized spacial score (nSPS) is 10.4. The number of nitro benzene ring substituents is 2. The zero-order valence-corrected chi connectivity index (χ0v) is 16.7. The molecule has 0 unspecified atom stereocenters. The van der Waals surface area contributed by atoms with Gasteiger partial charge in [-0.15, -0.1) is 10.2 Å². The van der Waals surface area contributed by atoms with Crippen LogP contribution in [0.1, 0.15) is 10.4 Å². The number of non-ortho nitro benzene ring substituents is 2. The Balaban J connectivity index is 1.44. The van der Waals surface area contributed by atoms with Gasteiger partial charge in [-0.3, -0.25) is 25.0 Å². The molecular weight excluding hydrogens is 432 g/mol. The van der Waals surface area contributed by atoms with E-state index in [1.165, 1.54) is 0 Å². The van der Waals surface area contributed by atoms with E-state index in [1.54, 1.807) is 41.0 Å². The Hall–Kier alpha value is -5.13. The standard InChI is InChI=1S/C21H14N6O6/c28-21(14-11-16(26(29)30)13-17(12-14)27(31)32)22-15-3-5-18(6-4-15)33-20-8-7-19(23-24-20)25-9-1-2-10-25/h1-13H,(H,22,28). The van der Waals surface area contributed by atoms with Crippen LogP contribution in [-0.2, 0) is 0 Å². The third kappa shape index (κ3) is 4.96. The first-order chi connectivity index (χ1) is 15.9. The first kappa shape index (κ1) is 21.1. The van der Waals surface area contributed by atoms with Crippen LogP contribution in [0.3, 0.4) is 0 Å². The lowest BCUT2D eigenvalue weighted by atomic mass is 10.1. The highest BCUT2D eigenvalue weighted by molar-refractivity contribution is 6.05. The summed E-state index contributed by atoms with van der Waals surface area (Å²) in [5.74, 6) is 0.599. The number of hydrogen-bond acceptors (Lipinski definition) is 8. The minimum absolute atomic E-state index is 0.214. The molecule has 0 saturated carbocycles. The van der Waals surface area contributed by atoms with Crippen molar-refractivity contribution in [1.29, 1.82) is 0 Å². The minimum atomic E-state index is -0.802. The molecule has 0 radical (unpaired) electrons. The summed E-state index contributed by atoms with van der Waals surface area (Å²) in [6, 6.07) is 16.1. The number of hydrogen-bond donors (Lipinski definition) is 1. The van der Waals surface area contributed by atoms with E-state index < -0.39 is 27.1 Å². The number of carbonyl (C=O) groups excluding carboxylic acids is 1. The van der Waals surface area contributed by atoms with Crippen LogP contribution < -0.4 is 10.1 Å². The summed E-state index contributed by atoms with van der Waals surface area (Å²) < 4.78 is 7.43. The summed E-state index contributed by atoms with van der Waals surface area (Å²) in [5, 5.41) is 32.6. The quantitative estimate of drug-likeness (QED) is 0.328. The zero-order valence-electron chi connectivity index (χ0n) is 16.7. The molecule has 0 aliphatic heterocycles. The Morgan fingerprint density at radius 2 is 1.52 bits per heavy atom. The van der Waals surface area contributed by atoms with E-state index in [1.807, 2.05) is 24.5 Å². The largest absolute Gasteiger partial charge is 0.438 e. The molecule has 164 valence electrons. The predicted molar refractivity (Wildman–Crippen MR) is 116 cm³/mol. The summed E-state index contributed by atoms with van der Waals surface area (Å²) in [6.07, 6.45) is 3.67. The van der Waals surface area contributed by atoms with E-state index >= 15 is 0 Å². The Morgan fingerprint density at radius 3 is 2.06 bits per heavy atom. The zero-order chi connectivity index (χ0) is 23.4. The Morgan fingerprint density at radius 1 is 0.879 bits per heavy atom. The fraction of sp³-hybridized carbons (Fsp3) is 0. The van der Waals surface area contributed by atoms with E-state index in [0.29, 0.717) is 17.3 Å². The minimum Gasteiger partial charge on any atom is -0.438 e. The smallest absolute Gasteiger partial charge is 0.277 e. The van der Waals surface area contributed by atoms with Gasteiger partial charge in [0.1, 0.15) is 5.75 Å². The van der Waals surface area contributed by atoms with Gasteiger partial charge in [-0.25, -0.2) is 0 Å². The van der Waals surface area contributed by atoms with Crippen molar-refractivity contribution < 1.29 is 19.4 Å². The molecule has 12 nitrogen and oxygen atoms in total. The van der Waals surface area contributed by atoms with Crippen molar-refractivity contribution in [3.05, 3.63) is 105 Å². The van der Waals surface area contributed by atoms with Crippen molar-refractivity contribution in [2.24, 2.45) is 0 Å². The fourth-order valence-corrected chi connectivity index (χ4v) is 2.86. The van der Waals surface area contributed by atoms with E-state index in [0.717, 1.165) is 18.2 Å². The topological polar surface area (TPSA) is 155 Å². The fourth-order valence-electron chi connectivity index (χ4n) is 2.86. The van der Waals surface area contributed by atoms with Crippen LogP contribution in [-0.4, -0.2) is 30.5 Å². The molecule has 12 heteroatoms. The first-order valence-electron chi connectivity index (χ1n) is 9.39. The second-order valence-electron chi connectivity index (χ2n) is 6.65. The molecule has 0 aliphatic rings. The van der Waals surface area contributed by atoms with Gasteiger partial charge in [0.2, 0.25) is 5.88 Å². The van der Waals surface area contributed by atoms with Crippen LogP contribution in [0.2, 0.25) is 0 Å². The summed E-state index contributed by atoms with van der Waals surface area (Å²) in [7, 11) is 0. The molecule has 0 fully saturated rings. The number of nitro groups is 2. The molecule has 1 amide bonds. The van der Waals surface area contributed by atoms with Gasteiger partial charge in [0.05, 0.1) is 21.5 Å². The highest BCUT2D eigenvalue weighted by Gasteiger charge is 2.20. The number of benzene rings is 2. The van der Waals surface area contributed by atoms with E-state index in [9.17, 15) is 25.0 Å². The maximum absolute atomic E-state index is 12.5. The second-order valence-corrected chi connectivity index (χ2v) is 6.65. The van der Waals surface area contributed by atoms with E-state index in [2.05, 4.69) is 15.5 Å². The van der Waals surface area contributed by atoms with Crippen LogP contribution in [0.4, 0.5) is 17.1 Å². The van der Waals surface area contributed by atoms with Crippen LogP contribution in [0.15, 0.2) is 79.1 Å². The SMILES string of the molecule is O=C(Nc1ccc(Oc2ccc(-n3cccc3)nn2)cc1)c1cc([N+](=O)[O-])cc([N+](=O)[O-])c1. The average molecular weight is 446 g/mol. The average Bonchev–Trinajstić information content (AvgIpc) is 3.35. The van der Waals surface area contributed by atoms with Crippen LogP contribution in [0, 0.1) is 20.2 Å². The highest BCUT2D eigenvalue weighted by atomic mass is 16.6. The number of aromatic nitrogens is 3. The van der Waals surface area contributed by atoms with Crippen molar-refractivity contribution in [1.82, 2.24) is 14.8 Å². The number of anilines is 1. The van der Waals surface area contributed by atoms with Gasteiger partial charge in [0.15, 0.2) is 5.82 Å². The van der Waals surface area contributed by atoms with E-state index in [4.69, 9.17) is 4.74 Å². The Bertz CT molecular complexity index is 1290. The lowest BCUT2D eigenvalue weighted by Crippen LogP contribution is -2.12. The lowest BCUT2D eigenvalue weighted by Gasteiger charge is -2.08. The van der Waals surface area contributed by atoms with Gasteiger partial charge in [-0.2, -0.15) is 0 Å². The van der Waals surface area contributed by atoms with E-state index in [-0.39, 0.29) is 11.4 Å². The summed E-state index contributed by atoms with van der Waals surface area (Å²) in [4.78, 5) is 32.9. The van der Waals surface area contributed by atoms with Crippen LogP contribution >= 0.6 is 0 Å². The second kappa shape index (κ2) is 8.93. The molecule has 2 aromatic carbocycles. The molecule has 0 saturated heterocycles. The maximum atomic E-state index is 12.5. The van der Waals surface area contributed by atoms with Crippen LogP contribution in [0.5, 0.6) is 11.6 Å². The molecule has 0 spiro atoms. The molecule has 0 bridgehead atoms. The molecular formula is C21H14N6O6. The van der Waals surface area contributed by atoms with Gasteiger partial charge in [0.25, 0.3) is 17.3 Å². The van der Waals surface area contributed by atoms with Gasteiger partial charge < -0.3 is 14.6 Å². The predicted octanol–water partition coefficient (Wildman–Crippen LogP) is 4.13. The molecule has 2 aromatic heterocycles. The van der Waals surface area contributed by atoms with Crippen molar-refractivity contribution >= 4 is 23.0 Å². The maximum Gasteiger partial charge on any atom is 0.277 e. The number of amides is 1. The third-order valence-electron chi connectivity index (χ3n) is 4.42. The number of rotatable bonds is 7. The first-order valence-corrected chi connectivity index (χ1v) is 9.39. The van der Waals surface area contributed by atoms with Gasteiger partial charge >= 0.3 is 0 Å². The lowest BCUT2D eigenvalue weighted by molar-refractivity contribution is -0.394. The number of nitrogens with zero attached hydrogens (tertiary/aromatic N) is 5. The van der Waals surface area contributed by atoms with Crippen molar-refractivity contribution in [3.8, 4) is 17.4 Å². The van der Waals surface area contributed by atoms with Gasteiger partial charge in [-0.05, 0) is 42.5 Å². The summed E-state index contributed by atoms with van der Waals surface area (Å²) in [6.45, 7) is 0. The van der Waals surface area contributed by atoms with Crippen LogP contribution in [0.25, 0.3) is 5.82 Å². The van der Waals surface area contributed by atoms with Crippen molar-refractivity contribution in [2.75, 3.05) is 5.32 Å². The number of carbonyl (C=O) groups is 1. The summed E-state index contributed by atoms with van der Waals surface area (Å²) in [5.41, 5.74) is -0.964. The number of nitrogens with one attached hydrogen (secondary N) is 1.